The van der Waals surface area contributed by atoms with Crippen molar-refractivity contribution in [3.63, 3.8) is 0 Å². The topological polar surface area (TPSA) is 61.4 Å². The normalized spacial score (nSPS) is 12.5. The Hall–Kier alpha value is -2.18. The van der Waals surface area contributed by atoms with Crippen LogP contribution in [0.2, 0.25) is 0 Å². The van der Waals surface area contributed by atoms with Crippen molar-refractivity contribution in [3.05, 3.63) is 58.3 Å². The third kappa shape index (κ3) is 6.28. The summed E-state index contributed by atoms with van der Waals surface area (Å²) in [6, 6.07) is 14.1. The SMILES string of the molecule is CN(CC(=O)NC(C)(C)C)C(=O)CN[C@@H](c1ccccc1)c1cccs1. The van der Waals surface area contributed by atoms with Gasteiger partial charge in [0, 0.05) is 17.5 Å². The Bertz CT molecular complexity index is 708. The number of rotatable bonds is 7. The molecule has 2 rings (SSSR count). The molecule has 1 aromatic carbocycles. The van der Waals surface area contributed by atoms with Gasteiger partial charge in [0.2, 0.25) is 11.8 Å². The van der Waals surface area contributed by atoms with Gasteiger partial charge in [0.05, 0.1) is 19.1 Å². The van der Waals surface area contributed by atoms with Crippen LogP contribution in [-0.2, 0) is 9.59 Å². The molecule has 26 heavy (non-hydrogen) atoms. The van der Waals surface area contributed by atoms with E-state index in [1.165, 1.54) is 4.90 Å². The summed E-state index contributed by atoms with van der Waals surface area (Å²) in [6.45, 7) is 5.96. The van der Waals surface area contributed by atoms with Crippen molar-refractivity contribution in [3.8, 4) is 0 Å². The summed E-state index contributed by atoms with van der Waals surface area (Å²) in [7, 11) is 1.65. The lowest BCUT2D eigenvalue weighted by atomic mass is 10.1. The van der Waals surface area contributed by atoms with E-state index in [0.29, 0.717) is 0 Å². The molecule has 2 N–H and O–H groups in total. The van der Waals surface area contributed by atoms with E-state index in [4.69, 9.17) is 0 Å². The van der Waals surface area contributed by atoms with E-state index in [1.54, 1.807) is 18.4 Å². The Morgan fingerprint density at radius 2 is 1.81 bits per heavy atom. The molecule has 140 valence electrons. The number of thiophene rings is 1. The van der Waals surface area contributed by atoms with Gasteiger partial charge in [-0.1, -0.05) is 36.4 Å². The van der Waals surface area contributed by atoms with Gasteiger partial charge >= 0.3 is 0 Å². The molecule has 1 atom stereocenters. The van der Waals surface area contributed by atoms with E-state index in [-0.39, 0.29) is 36.5 Å². The van der Waals surface area contributed by atoms with Gasteiger partial charge in [-0.05, 0) is 37.8 Å². The third-order valence-corrected chi connectivity index (χ3v) is 4.68. The Labute approximate surface area is 159 Å². The number of nitrogens with zero attached hydrogens (tertiary/aromatic N) is 1. The van der Waals surface area contributed by atoms with Gasteiger partial charge in [-0.3, -0.25) is 14.9 Å². The molecular formula is C20H27N3O2S. The highest BCUT2D eigenvalue weighted by molar-refractivity contribution is 7.10. The first-order chi connectivity index (χ1) is 12.3. The van der Waals surface area contributed by atoms with Gasteiger partial charge in [-0.2, -0.15) is 0 Å². The Morgan fingerprint density at radius 3 is 2.38 bits per heavy atom. The second-order valence-electron chi connectivity index (χ2n) is 7.29. The van der Waals surface area contributed by atoms with Crippen LogP contribution in [0.5, 0.6) is 0 Å². The highest BCUT2D eigenvalue weighted by atomic mass is 32.1. The molecule has 0 saturated carbocycles. The zero-order valence-electron chi connectivity index (χ0n) is 15.8. The monoisotopic (exact) mass is 373 g/mol. The quantitative estimate of drug-likeness (QED) is 0.785. The number of nitrogens with one attached hydrogen (secondary N) is 2. The zero-order valence-corrected chi connectivity index (χ0v) is 16.6. The van der Waals surface area contributed by atoms with Crippen molar-refractivity contribution >= 4 is 23.2 Å². The molecule has 0 unspecified atom stereocenters. The van der Waals surface area contributed by atoms with Gasteiger partial charge in [0.25, 0.3) is 0 Å². The average Bonchev–Trinajstić information content (AvgIpc) is 3.08. The summed E-state index contributed by atoms with van der Waals surface area (Å²) in [4.78, 5) is 27.0. The van der Waals surface area contributed by atoms with Crippen molar-refractivity contribution in [2.24, 2.45) is 0 Å². The number of hydrogen-bond acceptors (Lipinski definition) is 4. The number of amides is 2. The van der Waals surface area contributed by atoms with Crippen molar-refractivity contribution in [1.29, 1.82) is 0 Å². The van der Waals surface area contributed by atoms with Gasteiger partial charge in [0.1, 0.15) is 0 Å². The van der Waals surface area contributed by atoms with Crippen molar-refractivity contribution in [1.82, 2.24) is 15.5 Å². The average molecular weight is 374 g/mol. The standard InChI is InChI=1S/C20H27N3O2S/c1-20(2,3)22-17(24)14-23(4)18(25)13-21-19(16-11-8-12-26-16)15-9-6-5-7-10-15/h5-12,19,21H,13-14H2,1-4H3,(H,22,24)/t19-/m0/s1. The predicted molar refractivity (Wildman–Crippen MR) is 106 cm³/mol. The molecule has 1 aromatic heterocycles. The molecule has 0 aliphatic heterocycles. The molecule has 0 saturated heterocycles. The molecule has 0 aliphatic carbocycles. The minimum Gasteiger partial charge on any atom is -0.350 e. The first kappa shape index (κ1) is 20.1. The zero-order chi connectivity index (χ0) is 19.2. The van der Waals surface area contributed by atoms with Gasteiger partial charge in [-0.15, -0.1) is 11.3 Å². The molecule has 2 amide bonds. The van der Waals surface area contributed by atoms with Crippen LogP contribution >= 0.6 is 11.3 Å². The summed E-state index contributed by atoms with van der Waals surface area (Å²) < 4.78 is 0. The van der Waals surface area contributed by atoms with Crippen molar-refractivity contribution in [2.45, 2.75) is 32.4 Å². The molecule has 0 aliphatic rings. The van der Waals surface area contributed by atoms with E-state index in [9.17, 15) is 9.59 Å². The van der Waals surface area contributed by atoms with Crippen LogP contribution in [-0.4, -0.2) is 42.4 Å². The number of benzene rings is 1. The van der Waals surface area contributed by atoms with Crippen LogP contribution < -0.4 is 10.6 Å². The largest absolute Gasteiger partial charge is 0.350 e. The number of carbonyl (C=O) groups excluding carboxylic acids is 2. The Balaban J connectivity index is 1.96. The summed E-state index contributed by atoms with van der Waals surface area (Å²) in [5.74, 6) is -0.280. The maximum Gasteiger partial charge on any atom is 0.240 e. The number of hydrogen-bond donors (Lipinski definition) is 2. The minimum absolute atomic E-state index is 0.0445. The molecule has 0 radical (unpaired) electrons. The summed E-state index contributed by atoms with van der Waals surface area (Å²) in [5.41, 5.74) is 0.799. The molecular weight excluding hydrogens is 346 g/mol. The molecule has 5 nitrogen and oxygen atoms in total. The van der Waals surface area contributed by atoms with Gasteiger partial charge in [0.15, 0.2) is 0 Å². The molecule has 0 spiro atoms. The predicted octanol–water partition coefficient (Wildman–Crippen LogP) is 2.80. The lowest BCUT2D eigenvalue weighted by molar-refractivity contribution is -0.134. The fourth-order valence-corrected chi connectivity index (χ4v) is 3.40. The number of carbonyl (C=O) groups is 2. The van der Waals surface area contributed by atoms with Gasteiger partial charge < -0.3 is 10.2 Å². The molecule has 2 aromatic rings. The lowest BCUT2D eigenvalue weighted by Gasteiger charge is -2.24. The van der Waals surface area contributed by atoms with Crippen LogP contribution in [0.25, 0.3) is 0 Å². The third-order valence-electron chi connectivity index (χ3n) is 3.74. The highest BCUT2D eigenvalue weighted by Gasteiger charge is 2.20. The minimum atomic E-state index is -0.309. The maximum atomic E-state index is 12.4. The van der Waals surface area contributed by atoms with Crippen LogP contribution in [0.1, 0.15) is 37.3 Å². The van der Waals surface area contributed by atoms with Crippen LogP contribution in [0, 0.1) is 0 Å². The van der Waals surface area contributed by atoms with E-state index < -0.39 is 0 Å². The highest BCUT2D eigenvalue weighted by Crippen LogP contribution is 2.25. The van der Waals surface area contributed by atoms with Gasteiger partial charge in [-0.25, -0.2) is 0 Å². The Morgan fingerprint density at radius 1 is 1.12 bits per heavy atom. The fourth-order valence-electron chi connectivity index (χ4n) is 2.57. The van der Waals surface area contributed by atoms with Crippen molar-refractivity contribution < 1.29 is 9.59 Å². The fraction of sp³-hybridized carbons (Fsp3) is 0.400. The molecule has 1 heterocycles. The summed E-state index contributed by atoms with van der Waals surface area (Å²) >= 11 is 1.65. The lowest BCUT2D eigenvalue weighted by Crippen LogP contribution is -2.47. The van der Waals surface area contributed by atoms with Crippen LogP contribution in [0.4, 0.5) is 0 Å². The smallest absolute Gasteiger partial charge is 0.240 e. The van der Waals surface area contributed by atoms with Crippen LogP contribution in [0.15, 0.2) is 47.8 Å². The van der Waals surface area contributed by atoms with E-state index in [1.807, 2.05) is 62.5 Å². The Kier molecular flexibility index (Phi) is 6.94. The van der Waals surface area contributed by atoms with Crippen LogP contribution in [0.3, 0.4) is 0 Å². The first-order valence-electron chi connectivity index (χ1n) is 8.63. The van der Waals surface area contributed by atoms with E-state index >= 15 is 0 Å². The van der Waals surface area contributed by atoms with E-state index in [2.05, 4.69) is 16.7 Å². The second-order valence-corrected chi connectivity index (χ2v) is 8.27. The van der Waals surface area contributed by atoms with Crippen molar-refractivity contribution in [2.75, 3.05) is 20.1 Å². The summed E-state index contributed by atoms with van der Waals surface area (Å²) in [6.07, 6.45) is 0. The second kappa shape index (κ2) is 8.96. The molecule has 0 bridgehead atoms. The van der Waals surface area contributed by atoms with E-state index in [0.717, 1.165) is 10.4 Å². The maximum absolute atomic E-state index is 12.4. The molecule has 0 fully saturated rings. The molecule has 6 heteroatoms. The first-order valence-corrected chi connectivity index (χ1v) is 9.51. The summed E-state index contributed by atoms with van der Waals surface area (Å²) in [5, 5.41) is 8.22. The number of likely N-dealkylation sites (N-methyl/N-ethyl adjacent to an activating group) is 1.